The maximum Gasteiger partial charge on any atom is 2.00 e. The van der Waals surface area contributed by atoms with E-state index in [1.54, 1.807) is 0 Å². The Kier molecular flexibility index (Phi) is 7.27. The van der Waals surface area contributed by atoms with Crippen LogP contribution in [0.3, 0.4) is 0 Å². The Hall–Kier alpha value is -0.398. The maximum atomic E-state index is 9.41. The maximum absolute atomic E-state index is 9.41. The zero-order valence-corrected chi connectivity index (χ0v) is 8.53. The number of carboxylic acid groups (broad SMARTS) is 2. The smallest absolute Gasteiger partial charge is 0.545 e. The Morgan fingerprint density at radius 1 is 1.00 bits per heavy atom. The van der Waals surface area contributed by atoms with Crippen LogP contribution in [0, 0.1) is 0 Å². The Morgan fingerprint density at radius 2 is 1.22 bits per heavy atom. The summed E-state index contributed by atoms with van der Waals surface area (Å²) < 4.78 is 0. The van der Waals surface area contributed by atoms with Crippen LogP contribution in [0.2, 0.25) is 0 Å². The molecule has 0 bridgehead atoms. The van der Waals surface area contributed by atoms with Crippen molar-refractivity contribution in [3.8, 4) is 0 Å². The number of rotatable bonds is 2. The summed E-state index contributed by atoms with van der Waals surface area (Å²) in [4.78, 5) is 18.8. The van der Waals surface area contributed by atoms with E-state index in [0.29, 0.717) is 12.2 Å². The molecular formula is C4H2CdO4. The molecule has 0 radical (unpaired) electrons. The zero-order valence-electron chi connectivity index (χ0n) is 4.49. The minimum atomic E-state index is -1.55. The first-order chi connectivity index (χ1) is 3.63. The average Bonchev–Trinajstić information content (AvgIpc) is 1.61. The molecule has 0 aromatic heterocycles. The molecule has 0 spiro atoms. The van der Waals surface area contributed by atoms with Gasteiger partial charge in [-0.05, 0) is 12.2 Å². The van der Waals surface area contributed by atoms with Gasteiger partial charge in [0.1, 0.15) is 0 Å². The summed E-state index contributed by atoms with van der Waals surface area (Å²) in [5.41, 5.74) is 0. The largest absolute Gasteiger partial charge is 2.00 e. The van der Waals surface area contributed by atoms with E-state index in [0.717, 1.165) is 0 Å². The van der Waals surface area contributed by atoms with E-state index >= 15 is 0 Å². The number of carboxylic acids is 2. The number of carbonyl (C=O) groups is 2. The molecule has 0 heterocycles. The molecule has 0 aromatic rings. The van der Waals surface area contributed by atoms with Gasteiger partial charge in [-0.3, -0.25) is 0 Å². The summed E-state index contributed by atoms with van der Waals surface area (Å²) in [6.45, 7) is 0. The van der Waals surface area contributed by atoms with E-state index in [2.05, 4.69) is 0 Å². The molecule has 0 saturated carbocycles. The van der Waals surface area contributed by atoms with Crippen LogP contribution >= 0.6 is 0 Å². The van der Waals surface area contributed by atoms with Crippen LogP contribution in [0.25, 0.3) is 0 Å². The number of carbonyl (C=O) groups excluding carboxylic acids is 2. The third kappa shape index (κ3) is 11.3. The predicted molar refractivity (Wildman–Crippen MR) is 19.2 cm³/mol. The van der Waals surface area contributed by atoms with Gasteiger partial charge in [0, 0.05) is 0 Å². The normalized spacial score (nSPS) is 8.44. The van der Waals surface area contributed by atoms with Gasteiger partial charge in [-0.1, -0.05) is 0 Å². The van der Waals surface area contributed by atoms with Crippen LogP contribution in [0.15, 0.2) is 12.2 Å². The second kappa shape index (κ2) is 5.73. The molecule has 5 heteroatoms. The fraction of sp³-hybridized carbons (Fsp3) is 0. The van der Waals surface area contributed by atoms with Crippen molar-refractivity contribution in [2.45, 2.75) is 0 Å². The second-order valence-electron chi connectivity index (χ2n) is 0.971. The standard InChI is InChI=1S/C4H4O4.Cd/c5-3(6)1-2-4(7)8;/h1-2H,(H,5,6)(H,7,8);/q;+2/p-2/b2-1+;. The Labute approximate surface area is 71.3 Å². The molecule has 0 fully saturated rings. The van der Waals surface area contributed by atoms with Crippen molar-refractivity contribution in [1.29, 1.82) is 0 Å². The fourth-order valence-corrected chi connectivity index (χ4v) is 0.136. The monoisotopic (exact) mass is 228 g/mol. The van der Waals surface area contributed by atoms with Crippen molar-refractivity contribution >= 4 is 11.9 Å². The van der Waals surface area contributed by atoms with Crippen LogP contribution in [0.5, 0.6) is 0 Å². The molecule has 0 amide bonds. The van der Waals surface area contributed by atoms with Gasteiger partial charge >= 0.3 is 27.3 Å². The van der Waals surface area contributed by atoms with E-state index in [1.807, 2.05) is 0 Å². The van der Waals surface area contributed by atoms with Crippen molar-refractivity contribution in [1.82, 2.24) is 0 Å². The predicted octanol–water partition coefficient (Wildman–Crippen LogP) is -2.96. The molecule has 0 aliphatic heterocycles. The van der Waals surface area contributed by atoms with E-state index in [4.69, 9.17) is 0 Å². The molecular weight excluding hydrogens is 224 g/mol. The van der Waals surface area contributed by atoms with Gasteiger partial charge in [0.2, 0.25) is 0 Å². The third-order valence-electron chi connectivity index (χ3n) is 0.355. The first kappa shape index (κ1) is 11.4. The van der Waals surface area contributed by atoms with Crippen LogP contribution in [-0.4, -0.2) is 11.9 Å². The molecule has 0 aromatic carbocycles. The summed E-state index contributed by atoms with van der Waals surface area (Å²) in [7, 11) is 0. The van der Waals surface area contributed by atoms with Gasteiger partial charge in [0.15, 0.2) is 0 Å². The SMILES string of the molecule is O=C([O-])/C=C/C(=O)[O-].[Cd+2]. The van der Waals surface area contributed by atoms with Gasteiger partial charge in [-0.2, -0.15) is 0 Å². The summed E-state index contributed by atoms with van der Waals surface area (Å²) >= 11 is 0. The van der Waals surface area contributed by atoms with E-state index in [1.165, 1.54) is 0 Å². The van der Waals surface area contributed by atoms with E-state index < -0.39 is 11.9 Å². The molecule has 9 heavy (non-hydrogen) atoms. The first-order valence-corrected chi connectivity index (χ1v) is 1.73. The summed E-state index contributed by atoms with van der Waals surface area (Å²) in [5, 5.41) is 18.8. The van der Waals surface area contributed by atoms with Gasteiger partial charge in [-0.15, -0.1) is 0 Å². The summed E-state index contributed by atoms with van der Waals surface area (Å²) in [6, 6.07) is 0. The van der Waals surface area contributed by atoms with Gasteiger partial charge in [-0.25, -0.2) is 0 Å². The summed E-state index contributed by atoms with van der Waals surface area (Å²) in [5.74, 6) is -3.09. The van der Waals surface area contributed by atoms with E-state index in [-0.39, 0.29) is 27.3 Å². The third-order valence-corrected chi connectivity index (χ3v) is 0.355. The first-order valence-electron chi connectivity index (χ1n) is 1.73. The quantitative estimate of drug-likeness (QED) is 0.372. The number of hydrogen-bond acceptors (Lipinski definition) is 4. The van der Waals surface area contributed by atoms with Crippen LogP contribution in [0.4, 0.5) is 0 Å². The molecule has 0 unspecified atom stereocenters. The van der Waals surface area contributed by atoms with Crippen molar-refractivity contribution < 1.29 is 47.1 Å². The van der Waals surface area contributed by atoms with Crippen LogP contribution < -0.4 is 10.2 Å². The van der Waals surface area contributed by atoms with Gasteiger partial charge in [0.05, 0.1) is 11.9 Å². The molecule has 44 valence electrons. The Morgan fingerprint density at radius 3 is 1.33 bits per heavy atom. The second-order valence-corrected chi connectivity index (χ2v) is 0.971. The van der Waals surface area contributed by atoms with Crippen molar-refractivity contribution in [2.24, 2.45) is 0 Å². The molecule has 0 N–H and O–H groups in total. The van der Waals surface area contributed by atoms with Gasteiger partial charge in [0.25, 0.3) is 0 Å². The molecule has 0 aliphatic rings. The van der Waals surface area contributed by atoms with Gasteiger partial charge < -0.3 is 19.8 Å². The number of aliphatic carboxylic acids is 2. The summed E-state index contributed by atoms with van der Waals surface area (Å²) in [6.07, 6.45) is 0.769. The molecule has 0 rings (SSSR count). The molecule has 4 nitrogen and oxygen atoms in total. The van der Waals surface area contributed by atoms with Crippen molar-refractivity contribution in [2.75, 3.05) is 0 Å². The fourth-order valence-electron chi connectivity index (χ4n) is 0.136. The molecule has 0 saturated heterocycles. The van der Waals surface area contributed by atoms with E-state index in [9.17, 15) is 19.8 Å². The number of hydrogen-bond donors (Lipinski definition) is 0. The van der Waals surface area contributed by atoms with Crippen molar-refractivity contribution in [3.05, 3.63) is 12.2 Å². The minimum absolute atomic E-state index is 0. The minimum Gasteiger partial charge on any atom is -0.545 e. The molecule has 0 atom stereocenters. The van der Waals surface area contributed by atoms with Crippen LogP contribution in [-0.2, 0) is 36.9 Å². The van der Waals surface area contributed by atoms with Crippen molar-refractivity contribution in [3.63, 3.8) is 0 Å². The average molecular weight is 226 g/mol. The zero-order chi connectivity index (χ0) is 6.57. The molecule has 0 aliphatic carbocycles. The Balaban J connectivity index is 0. The topological polar surface area (TPSA) is 80.3 Å². The van der Waals surface area contributed by atoms with Crippen LogP contribution in [0.1, 0.15) is 0 Å². The Bertz CT molecular complexity index is 124.